The third kappa shape index (κ3) is 16.5. The van der Waals surface area contributed by atoms with Crippen LogP contribution in [0.15, 0.2) is 36.4 Å². The molecule has 2 aromatic carbocycles. The highest BCUT2D eigenvalue weighted by molar-refractivity contribution is 6.02. The van der Waals surface area contributed by atoms with Crippen molar-refractivity contribution in [3.63, 3.8) is 0 Å². The predicted octanol–water partition coefficient (Wildman–Crippen LogP) is 4.29. The quantitative estimate of drug-likeness (QED) is 0.143. The number of carboxylic acids is 1. The molecule has 1 fully saturated rings. The number of hydrogen-bond acceptors (Lipinski definition) is 13. The molecule has 1 aliphatic heterocycles. The SMILES string of the molecule is CC(C)(C)OC(=O)NCCCOc1cc(O)cc(C(=O)O)c1.CC(C)(C)OC(=O)NCCCOc1cc(O)cc(C(=O)ON2C(=O)CCC2=O)c1. The van der Waals surface area contributed by atoms with E-state index in [1.165, 1.54) is 24.3 Å². The first kappa shape index (κ1) is 41.4. The lowest BCUT2D eigenvalue weighted by Gasteiger charge is -2.19. The molecule has 280 valence electrons. The summed E-state index contributed by atoms with van der Waals surface area (Å²) in [5.41, 5.74) is -1.27. The highest BCUT2D eigenvalue weighted by Gasteiger charge is 2.33. The minimum absolute atomic E-state index is 0.0160. The number of phenols is 2. The maximum atomic E-state index is 12.2. The number of carboxylic acid groups (broad SMARTS) is 1. The molecule has 0 saturated carbocycles. The number of alkyl carbamates (subject to hydrolysis) is 2. The molecule has 0 atom stereocenters. The third-order valence-electron chi connectivity index (χ3n) is 5.96. The molecule has 1 heterocycles. The number of carbonyl (C=O) groups excluding carboxylic acids is 5. The van der Waals surface area contributed by atoms with Crippen molar-refractivity contribution in [1.82, 2.24) is 15.7 Å². The average Bonchev–Trinajstić information content (AvgIpc) is 3.31. The average molecular weight is 720 g/mol. The number of ether oxygens (including phenoxy) is 4. The Morgan fingerprint density at radius 3 is 1.51 bits per heavy atom. The first-order chi connectivity index (χ1) is 23.7. The Morgan fingerprint density at radius 1 is 0.686 bits per heavy atom. The van der Waals surface area contributed by atoms with Gasteiger partial charge in [-0.1, -0.05) is 0 Å². The Kier molecular flexibility index (Phi) is 15.3. The summed E-state index contributed by atoms with van der Waals surface area (Å²) in [6, 6.07) is 7.53. The minimum Gasteiger partial charge on any atom is -0.508 e. The number of imide groups is 1. The highest BCUT2D eigenvalue weighted by Crippen LogP contribution is 2.24. The van der Waals surface area contributed by atoms with Crippen LogP contribution in [-0.2, 0) is 23.9 Å². The second-order valence-corrected chi connectivity index (χ2v) is 13.0. The monoisotopic (exact) mass is 719 g/mol. The highest BCUT2D eigenvalue weighted by atomic mass is 16.7. The molecule has 0 radical (unpaired) electrons. The zero-order valence-corrected chi connectivity index (χ0v) is 29.4. The fourth-order valence-corrected chi connectivity index (χ4v) is 3.90. The van der Waals surface area contributed by atoms with E-state index in [0.29, 0.717) is 31.0 Å². The molecule has 0 aliphatic carbocycles. The molecule has 0 bridgehead atoms. The van der Waals surface area contributed by atoms with Gasteiger partial charge in [0.2, 0.25) is 0 Å². The third-order valence-corrected chi connectivity index (χ3v) is 5.96. The predicted molar refractivity (Wildman–Crippen MR) is 178 cm³/mol. The van der Waals surface area contributed by atoms with Crippen LogP contribution in [0.3, 0.4) is 0 Å². The Labute approximate surface area is 294 Å². The number of nitrogens with one attached hydrogen (secondary N) is 2. The molecule has 1 saturated heterocycles. The summed E-state index contributed by atoms with van der Waals surface area (Å²) in [7, 11) is 0. The van der Waals surface area contributed by atoms with Crippen LogP contribution in [0.1, 0.15) is 87.9 Å². The lowest BCUT2D eigenvalue weighted by atomic mass is 10.2. The zero-order chi connectivity index (χ0) is 38.4. The number of hydrogen-bond donors (Lipinski definition) is 5. The number of amides is 4. The topological polar surface area (TPSA) is 237 Å². The lowest BCUT2D eigenvalue weighted by molar-refractivity contribution is -0.172. The number of hydroxylamine groups is 2. The van der Waals surface area contributed by atoms with Gasteiger partial charge in [-0.2, -0.15) is 0 Å². The summed E-state index contributed by atoms with van der Waals surface area (Å²) in [4.78, 5) is 73.8. The Balaban J connectivity index is 0.000000368. The number of phenolic OH excluding ortho intramolecular Hbond substituents is 2. The van der Waals surface area contributed by atoms with Gasteiger partial charge >= 0.3 is 24.1 Å². The molecular weight excluding hydrogens is 674 g/mol. The molecule has 0 unspecified atom stereocenters. The molecular formula is C34H45N3O14. The zero-order valence-electron chi connectivity index (χ0n) is 29.4. The van der Waals surface area contributed by atoms with E-state index in [2.05, 4.69) is 10.6 Å². The summed E-state index contributed by atoms with van der Waals surface area (Å²) in [5.74, 6) is -3.30. The van der Waals surface area contributed by atoms with Crippen molar-refractivity contribution >= 4 is 35.9 Å². The van der Waals surface area contributed by atoms with Gasteiger partial charge in [0.05, 0.1) is 24.3 Å². The smallest absolute Gasteiger partial charge is 0.407 e. The minimum atomic E-state index is -1.15. The van der Waals surface area contributed by atoms with E-state index < -0.39 is 47.1 Å². The molecule has 51 heavy (non-hydrogen) atoms. The van der Waals surface area contributed by atoms with Crippen LogP contribution in [0.2, 0.25) is 0 Å². The fraction of sp³-hybridized carbons (Fsp3) is 0.471. The number of nitrogens with zero attached hydrogens (tertiary/aromatic N) is 1. The maximum absolute atomic E-state index is 12.2. The first-order valence-corrected chi connectivity index (χ1v) is 15.9. The van der Waals surface area contributed by atoms with Crippen LogP contribution >= 0.6 is 0 Å². The van der Waals surface area contributed by atoms with Crippen molar-refractivity contribution in [2.75, 3.05) is 26.3 Å². The summed E-state index contributed by atoms with van der Waals surface area (Å²) >= 11 is 0. The van der Waals surface area contributed by atoms with E-state index >= 15 is 0 Å². The van der Waals surface area contributed by atoms with Crippen LogP contribution in [0, 0.1) is 0 Å². The largest absolute Gasteiger partial charge is 0.508 e. The molecule has 2 aromatic rings. The summed E-state index contributed by atoms with van der Waals surface area (Å²) in [6.07, 6.45) is -0.109. The summed E-state index contributed by atoms with van der Waals surface area (Å²) in [6.45, 7) is 11.7. The van der Waals surface area contributed by atoms with E-state index in [9.17, 15) is 39.0 Å². The summed E-state index contributed by atoms with van der Waals surface area (Å²) < 4.78 is 21.0. The van der Waals surface area contributed by atoms with Crippen LogP contribution in [0.4, 0.5) is 9.59 Å². The molecule has 0 spiro atoms. The van der Waals surface area contributed by atoms with Gasteiger partial charge in [0.25, 0.3) is 11.8 Å². The van der Waals surface area contributed by atoms with Gasteiger partial charge in [-0.15, -0.1) is 5.06 Å². The molecule has 17 nitrogen and oxygen atoms in total. The Morgan fingerprint density at radius 2 is 1.10 bits per heavy atom. The first-order valence-electron chi connectivity index (χ1n) is 15.9. The van der Waals surface area contributed by atoms with E-state index in [4.69, 9.17) is 28.9 Å². The van der Waals surface area contributed by atoms with Gasteiger partial charge in [-0.3, -0.25) is 9.59 Å². The van der Waals surface area contributed by atoms with E-state index in [0.717, 1.165) is 12.1 Å². The number of aromatic carboxylic acids is 1. The van der Waals surface area contributed by atoms with Crippen molar-refractivity contribution in [3.8, 4) is 23.0 Å². The van der Waals surface area contributed by atoms with Gasteiger partial charge in [0.15, 0.2) is 0 Å². The van der Waals surface area contributed by atoms with E-state index in [1.807, 2.05) is 0 Å². The van der Waals surface area contributed by atoms with Crippen LogP contribution < -0.4 is 20.1 Å². The number of aromatic hydroxyl groups is 2. The van der Waals surface area contributed by atoms with Crippen molar-refractivity contribution < 1.29 is 67.9 Å². The van der Waals surface area contributed by atoms with Crippen molar-refractivity contribution in [3.05, 3.63) is 47.5 Å². The molecule has 0 aromatic heterocycles. The van der Waals surface area contributed by atoms with Crippen LogP contribution in [0.5, 0.6) is 23.0 Å². The van der Waals surface area contributed by atoms with Gasteiger partial charge < -0.3 is 49.7 Å². The Hall–Kier alpha value is -5.74. The van der Waals surface area contributed by atoms with Crippen molar-refractivity contribution in [2.45, 2.75) is 78.4 Å². The van der Waals surface area contributed by atoms with E-state index in [-0.39, 0.29) is 60.2 Å². The lowest BCUT2D eigenvalue weighted by Crippen LogP contribution is -2.33. The van der Waals surface area contributed by atoms with E-state index in [1.54, 1.807) is 41.5 Å². The molecule has 5 N–H and O–H groups in total. The fourth-order valence-electron chi connectivity index (χ4n) is 3.90. The van der Waals surface area contributed by atoms with Gasteiger partial charge in [0, 0.05) is 38.1 Å². The normalized spacial score (nSPS) is 12.6. The second kappa shape index (κ2) is 18.9. The second-order valence-electron chi connectivity index (χ2n) is 13.0. The summed E-state index contributed by atoms with van der Waals surface area (Å²) in [5, 5.41) is 33.6. The van der Waals surface area contributed by atoms with Gasteiger partial charge in [-0.25, -0.2) is 19.2 Å². The van der Waals surface area contributed by atoms with Crippen molar-refractivity contribution in [1.29, 1.82) is 0 Å². The Bertz CT molecular complexity index is 1550. The molecule has 4 amide bonds. The standard InChI is InChI=1S/C19H24N2O8.C15H21NO6/c1-19(2,3)28-18(26)20-7-4-8-27-14-10-12(9-13(22)11-14)17(25)29-21-15(23)5-6-16(21)24;1-15(2,3)22-14(20)16-5-4-6-21-12-8-10(13(18)19)7-11(17)9-12/h9-11,22H,4-8H2,1-3H3,(H,20,26);7-9,17H,4-6H2,1-3H3,(H,16,20)(H,18,19). The molecule has 3 rings (SSSR count). The van der Waals surface area contributed by atoms with Crippen LogP contribution in [-0.4, -0.2) is 93.8 Å². The maximum Gasteiger partial charge on any atom is 0.407 e. The van der Waals surface area contributed by atoms with Gasteiger partial charge in [0.1, 0.15) is 34.2 Å². The molecule has 17 heteroatoms. The molecule has 1 aliphatic rings. The number of rotatable bonds is 13. The number of benzene rings is 2. The van der Waals surface area contributed by atoms with Gasteiger partial charge in [-0.05, 0) is 78.6 Å². The van der Waals surface area contributed by atoms with Crippen LogP contribution in [0.25, 0.3) is 0 Å². The van der Waals surface area contributed by atoms with Crippen molar-refractivity contribution in [2.24, 2.45) is 0 Å². The number of carbonyl (C=O) groups is 6.